The Morgan fingerprint density at radius 1 is 0.952 bits per heavy atom. The molecule has 0 saturated heterocycles. The van der Waals surface area contributed by atoms with Crippen LogP contribution in [0.15, 0.2) is 77.7 Å². The Morgan fingerprint density at radius 2 is 1.64 bits per heavy atom. The third-order valence-corrected chi connectivity index (χ3v) is 8.96. The van der Waals surface area contributed by atoms with Gasteiger partial charge in [0.15, 0.2) is 0 Å². The zero-order valence-corrected chi connectivity index (χ0v) is 26.4. The number of anilines is 1. The number of aryl methyl sites for hydroxylation is 1. The number of amides is 2. The SMILES string of the molecule is CCOc1ccccc1N(CC(=O)N(Cc1cccc(C)c1)[C@H](CC)C(=O)N[C@H](C)CC)S(=O)(=O)c1ccc(Cl)cc1. The highest BCUT2D eigenvalue weighted by Crippen LogP contribution is 2.33. The zero-order chi connectivity index (χ0) is 30.9. The first-order valence-electron chi connectivity index (χ1n) is 14.2. The highest BCUT2D eigenvalue weighted by Gasteiger charge is 2.35. The summed E-state index contributed by atoms with van der Waals surface area (Å²) in [5, 5.41) is 3.37. The Hall–Kier alpha value is -3.56. The molecule has 0 fully saturated rings. The van der Waals surface area contributed by atoms with Crippen molar-refractivity contribution in [1.29, 1.82) is 0 Å². The van der Waals surface area contributed by atoms with Crippen LogP contribution >= 0.6 is 11.6 Å². The van der Waals surface area contributed by atoms with Crippen LogP contribution in [-0.4, -0.2) is 50.4 Å². The van der Waals surface area contributed by atoms with E-state index in [-0.39, 0.29) is 29.1 Å². The molecule has 3 aromatic carbocycles. The van der Waals surface area contributed by atoms with Gasteiger partial charge in [0.25, 0.3) is 10.0 Å². The number of nitrogens with one attached hydrogen (secondary N) is 1. The van der Waals surface area contributed by atoms with Gasteiger partial charge in [0.2, 0.25) is 11.8 Å². The van der Waals surface area contributed by atoms with E-state index in [0.717, 1.165) is 21.9 Å². The van der Waals surface area contributed by atoms with E-state index in [1.807, 2.05) is 52.0 Å². The number of nitrogens with zero attached hydrogens (tertiary/aromatic N) is 2. The molecule has 0 aliphatic rings. The van der Waals surface area contributed by atoms with Crippen molar-refractivity contribution in [2.75, 3.05) is 17.5 Å². The fourth-order valence-electron chi connectivity index (χ4n) is 4.56. The van der Waals surface area contributed by atoms with Gasteiger partial charge in [-0.25, -0.2) is 8.42 Å². The molecule has 0 unspecified atom stereocenters. The highest BCUT2D eigenvalue weighted by atomic mass is 35.5. The van der Waals surface area contributed by atoms with Gasteiger partial charge in [0.1, 0.15) is 18.3 Å². The van der Waals surface area contributed by atoms with Gasteiger partial charge in [0, 0.05) is 17.6 Å². The molecule has 0 bridgehead atoms. The van der Waals surface area contributed by atoms with Gasteiger partial charge in [-0.1, -0.05) is 67.4 Å². The van der Waals surface area contributed by atoms with Crippen LogP contribution in [0.25, 0.3) is 0 Å². The predicted octanol–water partition coefficient (Wildman–Crippen LogP) is 5.96. The third kappa shape index (κ3) is 8.26. The summed E-state index contributed by atoms with van der Waals surface area (Å²) in [6, 6.07) is 19.2. The summed E-state index contributed by atoms with van der Waals surface area (Å²) in [5.41, 5.74) is 2.06. The van der Waals surface area contributed by atoms with E-state index in [0.29, 0.717) is 23.8 Å². The maximum atomic E-state index is 14.3. The van der Waals surface area contributed by atoms with Crippen LogP contribution in [0, 0.1) is 6.92 Å². The van der Waals surface area contributed by atoms with E-state index in [2.05, 4.69) is 5.32 Å². The molecule has 0 saturated carbocycles. The van der Waals surface area contributed by atoms with Gasteiger partial charge in [-0.2, -0.15) is 0 Å². The van der Waals surface area contributed by atoms with Crippen molar-refractivity contribution < 1.29 is 22.7 Å². The van der Waals surface area contributed by atoms with E-state index in [1.54, 1.807) is 31.2 Å². The lowest BCUT2D eigenvalue weighted by atomic mass is 10.1. The number of hydrogen-bond acceptors (Lipinski definition) is 5. The first-order chi connectivity index (χ1) is 20.0. The molecule has 0 spiro atoms. The number of carbonyl (C=O) groups excluding carboxylic acids is 2. The van der Waals surface area contributed by atoms with Crippen LogP contribution in [0.2, 0.25) is 5.02 Å². The molecule has 0 radical (unpaired) electrons. The molecule has 0 aliphatic carbocycles. The monoisotopic (exact) mass is 613 g/mol. The Morgan fingerprint density at radius 3 is 2.26 bits per heavy atom. The second-order valence-electron chi connectivity index (χ2n) is 10.1. The number of sulfonamides is 1. The molecule has 10 heteroatoms. The average Bonchev–Trinajstić information content (AvgIpc) is 2.96. The standard InChI is InChI=1S/C32H40ClN3O5S/c1-6-24(5)34-32(38)28(7-2)35(21-25-13-11-12-23(4)20-25)31(37)22-36(29-14-9-10-15-30(29)41-8-3)42(39,40)27-18-16-26(33)17-19-27/h9-20,24,28H,6-8,21-22H2,1-5H3,(H,34,38)/t24-,28-/m1/s1. The van der Waals surface area contributed by atoms with Crippen LogP contribution in [-0.2, 0) is 26.2 Å². The second-order valence-corrected chi connectivity index (χ2v) is 12.4. The predicted molar refractivity (Wildman–Crippen MR) is 167 cm³/mol. The molecule has 0 aromatic heterocycles. The molecule has 42 heavy (non-hydrogen) atoms. The molecule has 0 aliphatic heterocycles. The molecule has 2 atom stereocenters. The van der Waals surface area contributed by atoms with E-state index in [1.165, 1.54) is 29.2 Å². The minimum Gasteiger partial charge on any atom is -0.492 e. The van der Waals surface area contributed by atoms with Crippen LogP contribution in [0.1, 0.15) is 51.7 Å². The Labute approximate surface area is 254 Å². The Balaban J connectivity index is 2.11. The van der Waals surface area contributed by atoms with Crippen molar-refractivity contribution in [3.05, 3.63) is 88.9 Å². The summed E-state index contributed by atoms with van der Waals surface area (Å²) in [6.07, 6.45) is 1.08. The summed E-state index contributed by atoms with van der Waals surface area (Å²) >= 11 is 6.04. The van der Waals surface area contributed by atoms with E-state index < -0.39 is 28.5 Å². The quantitative estimate of drug-likeness (QED) is 0.242. The maximum absolute atomic E-state index is 14.3. The first-order valence-corrected chi connectivity index (χ1v) is 16.0. The number of benzene rings is 3. The van der Waals surface area contributed by atoms with Gasteiger partial charge in [0.05, 0.1) is 17.2 Å². The lowest BCUT2D eigenvalue weighted by Crippen LogP contribution is -2.53. The number of rotatable bonds is 14. The largest absolute Gasteiger partial charge is 0.492 e. The fraction of sp³-hybridized carbons (Fsp3) is 0.375. The Kier molecular flexibility index (Phi) is 11.8. The van der Waals surface area contributed by atoms with E-state index >= 15 is 0 Å². The molecule has 3 rings (SSSR count). The lowest BCUT2D eigenvalue weighted by molar-refractivity contribution is -0.140. The van der Waals surface area contributed by atoms with Crippen molar-refractivity contribution in [2.45, 2.75) is 71.0 Å². The van der Waals surface area contributed by atoms with Gasteiger partial charge in [-0.15, -0.1) is 0 Å². The van der Waals surface area contributed by atoms with Crippen LogP contribution in [0.3, 0.4) is 0 Å². The zero-order valence-electron chi connectivity index (χ0n) is 24.8. The van der Waals surface area contributed by atoms with Gasteiger partial charge in [-0.05, 0) is 75.6 Å². The average molecular weight is 614 g/mol. The molecule has 226 valence electrons. The van der Waals surface area contributed by atoms with E-state index in [9.17, 15) is 18.0 Å². The molecule has 1 N–H and O–H groups in total. The smallest absolute Gasteiger partial charge is 0.264 e. The number of halogens is 1. The summed E-state index contributed by atoms with van der Waals surface area (Å²) in [7, 11) is -4.25. The van der Waals surface area contributed by atoms with Crippen molar-refractivity contribution in [3.63, 3.8) is 0 Å². The molecular formula is C32H40ClN3O5S. The maximum Gasteiger partial charge on any atom is 0.264 e. The molecule has 0 heterocycles. The molecule has 8 nitrogen and oxygen atoms in total. The summed E-state index contributed by atoms with van der Waals surface area (Å²) in [6.45, 7) is 9.35. The minimum absolute atomic E-state index is 0.0298. The Bertz CT molecular complexity index is 1460. The van der Waals surface area contributed by atoms with Crippen LogP contribution < -0.4 is 14.4 Å². The molecular weight excluding hydrogens is 574 g/mol. The second kappa shape index (κ2) is 15.1. The van der Waals surface area contributed by atoms with Gasteiger partial charge in [-0.3, -0.25) is 13.9 Å². The topological polar surface area (TPSA) is 96.0 Å². The summed E-state index contributed by atoms with van der Waals surface area (Å²) in [5.74, 6) is -0.488. The van der Waals surface area contributed by atoms with Crippen molar-refractivity contribution >= 4 is 39.1 Å². The fourth-order valence-corrected chi connectivity index (χ4v) is 6.11. The normalized spacial score (nSPS) is 12.7. The van der Waals surface area contributed by atoms with Crippen LogP contribution in [0.5, 0.6) is 5.75 Å². The van der Waals surface area contributed by atoms with Gasteiger partial charge >= 0.3 is 0 Å². The number of ether oxygens (including phenoxy) is 1. The highest BCUT2D eigenvalue weighted by molar-refractivity contribution is 7.92. The van der Waals surface area contributed by atoms with Crippen molar-refractivity contribution in [2.24, 2.45) is 0 Å². The van der Waals surface area contributed by atoms with Crippen molar-refractivity contribution in [3.8, 4) is 5.75 Å². The van der Waals surface area contributed by atoms with Crippen LogP contribution in [0.4, 0.5) is 5.69 Å². The lowest BCUT2D eigenvalue weighted by Gasteiger charge is -2.34. The third-order valence-electron chi connectivity index (χ3n) is 6.94. The summed E-state index contributed by atoms with van der Waals surface area (Å²) < 4.78 is 35.0. The van der Waals surface area contributed by atoms with Gasteiger partial charge < -0.3 is 15.0 Å². The van der Waals surface area contributed by atoms with Crippen molar-refractivity contribution in [1.82, 2.24) is 10.2 Å². The number of para-hydroxylation sites is 2. The minimum atomic E-state index is -4.25. The van der Waals surface area contributed by atoms with E-state index in [4.69, 9.17) is 16.3 Å². The number of carbonyl (C=O) groups is 2. The molecule has 3 aromatic rings. The summed E-state index contributed by atoms with van der Waals surface area (Å²) in [4.78, 5) is 29.1. The first kappa shape index (κ1) is 32.9. The molecule has 2 amide bonds. The number of hydrogen-bond donors (Lipinski definition) is 1.